The van der Waals surface area contributed by atoms with Crippen LogP contribution in [-0.2, 0) is 6.61 Å². The molecule has 0 aliphatic rings. The summed E-state index contributed by atoms with van der Waals surface area (Å²) in [5, 5.41) is 11.3. The van der Waals surface area contributed by atoms with Crippen LogP contribution in [-0.4, -0.2) is 18.3 Å². The molecule has 0 atom stereocenters. The molecular formula is C23H21NO4. The highest BCUT2D eigenvalue weighted by Gasteiger charge is 2.07. The third kappa shape index (κ3) is 5.14. The van der Waals surface area contributed by atoms with Crippen LogP contribution in [0.15, 0.2) is 85.1 Å². The van der Waals surface area contributed by atoms with E-state index >= 15 is 0 Å². The van der Waals surface area contributed by atoms with E-state index in [2.05, 4.69) is 5.32 Å². The minimum atomic E-state index is -1.12. The van der Waals surface area contributed by atoms with E-state index in [1.165, 1.54) is 6.20 Å². The van der Waals surface area contributed by atoms with Crippen LogP contribution in [0.5, 0.6) is 11.5 Å². The lowest BCUT2D eigenvalue weighted by atomic mass is 9.98. The van der Waals surface area contributed by atoms with Crippen LogP contribution in [0.2, 0.25) is 0 Å². The Morgan fingerprint density at radius 2 is 1.46 bits per heavy atom. The molecule has 0 bridgehead atoms. The molecule has 0 radical (unpaired) electrons. The molecule has 0 saturated heterocycles. The Balaban J connectivity index is 1.79. The molecule has 5 heteroatoms. The fraction of sp³-hybridized carbons (Fsp3) is 0.0870. The molecule has 0 aliphatic carbocycles. The van der Waals surface area contributed by atoms with Crippen LogP contribution in [0.25, 0.3) is 5.57 Å². The molecule has 0 aromatic heterocycles. The molecule has 0 fully saturated rings. The molecule has 0 saturated carbocycles. The van der Waals surface area contributed by atoms with Crippen molar-refractivity contribution in [1.82, 2.24) is 5.32 Å². The van der Waals surface area contributed by atoms with Crippen molar-refractivity contribution in [1.29, 1.82) is 0 Å². The van der Waals surface area contributed by atoms with Gasteiger partial charge in [0.05, 0.1) is 7.11 Å². The lowest BCUT2D eigenvalue weighted by molar-refractivity contribution is 0.198. The smallest absolute Gasteiger partial charge is 0.408 e. The number of amides is 1. The van der Waals surface area contributed by atoms with E-state index in [-0.39, 0.29) is 0 Å². The summed E-state index contributed by atoms with van der Waals surface area (Å²) in [6.07, 6.45) is 0.359. The quantitative estimate of drug-likeness (QED) is 0.614. The number of carbonyl (C=O) groups is 1. The Morgan fingerprint density at radius 3 is 2.00 bits per heavy atom. The number of hydrogen-bond donors (Lipinski definition) is 2. The van der Waals surface area contributed by atoms with Gasteiger partial charge in [0, 0.05) is 11.8 Å². The zero-order valence-corrected chi connectivity index (χ0v) is 15.5. The van der Waals surface area contributed by atoms with Gasteiger partial charge in [0.25, 0.3) is 0 Å². The molecular weight excluding hydrogens is 354 g/mol. The van der Waals surface area contributed by atoms with Crippen molar-refractivity contribution in [3.05, 3.63) is 102 Å². The maximum atomic E-state index is 10.9. The van der Waals surface area contributed by atoms with E-state index < -0.39 is 6.09 Å². The minimum absolute atomic E-state index is 0.488. The zero-order chi connectivity index (χ0) is 19.8. The standard InChI is InChI=1S/C23H21NO4/c1-27-20-11-7-18(8-12-20)22(15-24-23(25)26)19-9-13-21(14-10-19)28-16-17-5-3-2-4-6-17/h2-15,24H,16H2,1H3,(H,25,26). The molecule has 3 aromatic carbocycles. The number of hydrogen-bond acceptors (Lipinski definition) is 3. The Labute approximate surface area is 163 Å². The summed E-state index contributed by atoms with van der Waals surface area (Å²) in [6.45, 7) is 0.488. The molecule has 2 N–H and O–H groups in total. The molecule has 3 aromatic rings. The molecule has 28 heavy (non-hydrogen) atoms. The molecule has 142 valence electrons. The van der Waals surface area contributed by atoms with Gasteiger partial charge < -0.3 is 14.6 Å². The monoisotopic (exact) mass is 375 g/mol. The number of carboxylic acid groups (broad SMARTS) is 1. The maximum Gasteiger partial charge on any atom is 0.408 e. The summed E-state index contributed by atoms with van der Waals surface area (Å²) in [5.74, 6) is 1.48. The van der Waals surface area contributed by atoms with Gasteiger partial charge in [-0.25, -0.2) is 4.79 Å². The van der Waals surface area contributed by atoms with Crippen LogP contribution in [0.3, 0.4) is 0 Å². The second kappa shape index (κ2) is 9.28. The summed E-state index contributed by atoms with van der Waals surface area (Å²) < 4.78 is 11.0. The van der Waals surface area contributed by atoms with Crippen LogP contribution in [0.4, 0.5) is 4.79 Å². The fourth-order valence-electron chi connectivity index (χ4n) is 2.71. The summed E-state index contributed by atoms with van der Waals surface area (Å²) in [6, 6.07) is 24.9. The van der Waals surface area contributed by atoms with Crippen molar-refractivity contribution in [2.45, 2.75) is 6.61 Å². The highest BCUT2D eigenvalue weighted by Crippen LogP contribution is 2.26. The van der Waals surface area contributed by atoms with Gasteiger partial charge in [-0.15, -0.1) is 0 Å². The van der Waals surface area contributed by atoms with Crippen LogP contribution in [0.1, 0.15) is 16.7 Å². The molecule has 0 aliphatic heterocycles. The van der Waals surface area contributed by atoms with Gasteiger partial charge in [0.2, 0.25) is 0 Å². The Bertz CT molecular complexity index is 933. The first-order chi connectivity index (χ1) is 13.7. The molecule has 3 rings (SSSR count). The van der Waals surface area contributed by atoms with E-state index in [0.717, 1.165) is 33.8 Å². The van der Waals surface area contributed by atoms with Crippen LogP contribution in [0, 0.1) is 0 Å². The number of methoxy groups -OCH3 is 1. The summed E-state index contributed by atoms with van der Waals surface area (Å²) in [4.78, 5) is 10.9. The maximum absolute atomic E-state index is 10.9. The third-order valence-electron chi connectivity index (χ3n) is 4.15. The molecule has 1 amide bonds. The molecule has 0 heterocycles. The average Bonchev–Trinajstić information content (AvgIpc) is 2.74. The normalized spacial score (nSPS) is 11.0. The highest BCUT2D eigenvalue weighted by atomic mass is 16.5. The van der Waals surface area contributed by atoms with Gasteiger partial charge in [-0.05, 0) is 41.0 Å². The fourth-order valence-corrected chi connectivity index (χ4v) is 2.71. The molecule has 0 spiro atoms. The Morgan fingerprint density at radius 1 is 0.893 bits per heavy atom. The predicted octanol–water partition coefficient (Wildman–Crippen LogP) is 4.93. The van der Waals surface area contributed by atoms with Gasteiger partial charge >= 0.3 is 6.09 Å². The van der Waals surface area contributed by atoms with Crippen molar-refractivity contribution in [2.24, 2.45) is 0 Å². The number of benzene rings is 3. The lowest BCUT2D eigenvalue weighted by Gasteiger charge is -2.11. The summed E-state index contributed by atoms with van der Waals surface area (Å²) in [7, 11) is 1.60. The Hall–Kier alpha value is -3.73. The van der Waals surface area contributed by atoms with E-state index in [9.17, 15) is 4.79 Å². The van der Waals surface area contributed by atoms with Crippen LogP contribution < -0.4 is 14.8 Å². The zero-order valence-electron chi connectivity index (χ0n) is 15.5. The lowest BCUT2D eigenvalue weighted by Crippen LogP contribution is -2.14. The first kappa shape index (κ1) is 19.0. The summed E-state index contributed by atoms with van der Waals surface area (Å²) in [5.41, 5.74) is 3.58. The average molecular weight is 375 g/mol. The predicted molar refractivity (Wildman–Crippen MR) is 108 cm³/mol. The number of rotatable bonds is 7. The van der Waals surface area contributed by atoms with Crippen molar-refractivity contribution in [3.63, 3.8) is 0 Å². The third-order valence-corrected chi connectivity index (χ3v) is 4.15. The molecule has 0 unspecified atom stereocenters. The van der Waals surface area contributed by atoms with Gasteiger partial charge in [-0.3, -0.25) is 5.32 Å². The van der Waals surface area contributed by atoms with E-state index in [1.54, 1.807) is 7.11 Å². The minimum Gasteiger partial charge on any atom is -0.497 e. The van der Waals surface area contributed by atoms with E-state index in [4.69, 9.17) is 14.6 Å². The van der Waals surface area contributed by atoms with Gasteiger partial charge in [-0.2, -0.15) is 0 Å². The van der Waals surface area contributed by atoms with Crippen molar-refractivity contribution < 1.29 is 19.4 Å². The topological polar surface area (TPSA) is 67.8 Å². The molecule has 5 nitrogen and oxygen atoms in total. The van der Waals surface area contributed by atoms with Gasteiger partial charge in [0.1, 0.15) is 18.1 Å². The van der Waals surface area contributed by atoms with E-state index in [0.29, 0.717) is 6.61 Å². The first-order valence-electron chi connectivity index (χ1n) is 8.77. The van der Waals surface area contributed by atoms with Crippen molar-refractivity contribution in [3.8, 4) is 11.5 Å². The Kier molecular flexibility index (Phi) is 6.31. The van der Waals surface area contributed by atoms with Crippen LogP contribution >= 0.6 is 0 Å². The van der Waals surface area contributed by atoms with Crippen molar-refractivity contribution >= 4 is 11.7 Å². The SMILES string of the molecule is COc1ccc(C(=CNC(=O)O)c2ccc(OCc3ccccc3)cc2)cc1. The second-order valence-corrected chi connectivity index (χ2v) is 6.03. The summed E-state index contributed by atoms with van der Waals surface area (Å²) >= 11 is 0. The second-order valence-electron chi connectivity index (χ2n) is 6.03. The first-order valence-corrected chi connectivity index (χ1v) is 8.77. The number of nitrogens with one attached hydrogen (secondary N) is 1. The van der Waals surface area contributed by atoms with Gasteiger partial charge in [0.15, 0.2) is 0 Å². The largest absolute Gasteiger partial charge is 0.497 e. The number of ether oxygens (including phenoxy) is 2. The highest BCUT2D eigenvalue weighted by molar-refractivity contribution is 5.82. The van der Waals surface area contributed by atoms with E-state index in [1.807, 2.05) is 78.9 Å². The van der Waals surface area contributed by atoms with Gasteiger partial charge in [-0.1, -0.05) is 54.6 Å². The van der Waals surface area contributed by atoms with Crippen molar-refractivity contribution in [2.75, 3.05) is 7.11 Å².